The minimum Gasteiger partial charge on any atom is -0.497 e. The van der Waals surface area contributed by atoms with E-state index in [-0.39, 0.29) is 5.91 Å². The van der Waals surface area contributed by atoms with Gasteiger partial charge in [0, 0.05) is 28.8 Å². The van der Waals surface area contributed by atoms with Gasteiger partial charge in [-0.15, -0.1) is 23.1 Å². The Morgan fingerprint density at radius 3 is 2.73 bits per heavy atom. The summed E-state index contributed by atoms with van der Waals surface area (Å²) >= 11 is 3.38. The molecule has 0 bridgehead atoms. The van der Waals surface area contributed by atoms with Gasteiger partial charge in [-0.25, -0.2) is 0 Å². The van der Waals surface area contributed by atoms with Crippen LogP contribution in [0, 0.1) is 0 Å². The van der Waals surface area contributed by atoms with E-state index in [0.29, 0.717) is 35.1 Å². The SMILES string of the molecule is COc1ccc(OC)c(CNC(=O)c2oc3ccccc3c2CSc2cccs2)c1. The van der Waals surface area contributed by atoms with Gasteiger partial charge in [0.25, 0.3) is 5.91 Å². The number of hydrogen-bond acceptors (Lipinski definition) is 6. The predicted molar refractivity (Wildman–Crippen MR) is 121 cm³/mol. The minimum absolute atomic E-state index is 0.252. The van der Waals surface area contributed by atoms with Crippen molar-refractivity contribution in [2.75, 3.05) is 14.2 Å². The lowest BCUT2D eigenvalue weighted by atomic mass is 10.1. The molecule has 0 aliphatic heterocycles. The molecule has 2 heterocycles. The van der Waals surface area contributed by atoms with Gasteiger partial charge >= 0.3 is 0 Å². The minimum atomic E-state index is -0.252. The summed E-state index contributed by atoms with van der Waals surface area (Å²) in [5.74, 6) is 2.15. The summed E-state index contributed by atoms with van der Waals surface area (Å²) in [4.78, 5) is 13.0. The first-order valence-corrected chi connectivity index (χ1v) is 11.2. The van der Waals surface area contributed by atoms with Crippen molar-refractivity contribution >= 4 is 40.0 Å². The monoisotopic (exact) mass is 439 g/mol. The Morgan fingerprint density at radius 1 is 1.10 bits per heavy atom. The third-order valence-electron chi connectivity index (χ3n) is 4.69. The van der Waals surface area contributed by atoms with Gasteiger partial charge in [-0.05, 0) is 35.7 Å². The summed E-state index contributed by atoms with van der Waals surface area (Å²) < 4.78 is 17.8. The quantitative estimate of drug-likeness (QED) is 0.355. The van der Waals surface area contributed by atoms with Crippen LogP contribution in [0.3, 0.4) is 0 Å². The summed E-state index contributed by atoms with van der Waals surface area (Å²) in [5, 5.41) is 5.97. The molecule has 0 radical (unpaired) electrons. The topological polar surface area (TPSA) is 60.7 Å². The molecule has 2 aromatic heterocycles. The lowest BCUT2D eigenvalue weighted by Gasteiger charge is -2.11. The lowest BCUT2D eigenvalue weighted by Crippen LogP contribution is -2.23. The third-order valence-corrected chi connectivity index (χ3v) is 6.84. The van der Waals surface area contributed by atoms with Gasteiger partial charge in [-0.1, -0.05) is 24.3 Å². The smallest absolute Gasteiger partial charge is 0.287 e. The van der Waals surface area contributed by atoms with E-state index in [4.69, 9.17) is 13.9 Å². The normalized spacial score (nSPS) is 10.9. The summed E-state index contributed by atoms with van der Waals surface area (Å²) in [6.07, 6.45) is 0. The molecule has 154 valence electrons. The average molecular weight is 440 g/mol. The number of para-hydroxylation sites is 1. The van der Waals surface area contributed by atoms with Crippen molar-refractivity contribution < 1.29 is 18.7 Å². The number of furan rings is 1. The molecule has 0 aliphatic carbocycles. The Balaban J connectivity index is 1.58. The first kappa shape index (κ1) is 20.4. The highest BCUT2D eigenvalue weighted by molar-refractivity contribution is 8.00. The van der Waals surface area contributed by atoms with Crippen molar-refractivity contribution in [3.8, 4) is 11.5 Å². The molecule has 30 heavy (non-hydrogen) atoms. The second-order valence-electron chi connectivity index (χ2n) is 6.49. The predicted octanol–water partition coefficient (Wildman–Crippen LogP) is 5.73. The molecule has 0 unspecified atom stereocenters. The van der Waals surface area contributed by atoms with Crippen LogP contribution in [0.5, 0.6) is 11.5 Å². The van der Waals surface area contributed by atoms with Crippen molar-refractivity contribution in [1.82, 2.24) is 5.32 Å². The van der Waals surface area contributed by atoms with E-state index in [1.807, 2.05) is 53.9 Å². The fraction of sp³-hybridized carbons (Fsp3) is 0.174. The molecule has 0 fully saturated rings. The van der Waals surface area contributed by atoms with E-state index >= 15 is 0 Å². The van der Waals surface area contributed by atoms with Crippen LogP contribution in [0.15, 0.2) is 68.6 Å². The van der Waals surface area contributed by atoms with Crippen LogP contribution in [0.4, 0.5) is 0 Å². The van der Waals surface area contributed by atoms with Gasteiger partial charge in [-0.2, -0.15) is 0 Å². The molecule has 1 amide bonds. The largest absolute Gasteiger partial charge is 0.497 e. The molecule has 0 aliphatic rings. The van der Waals surface area contributed by atoms with Crippen molar-refractivity contribution in [3.63, 3.8) is 0 Å². The maximum Gasteiger partial charge on any atom is 0.287 e. The Morgan fingerprint density at radius 2 is 1.97 bits per heavy atom. The Kier molecular flexibility index (Phi) is 6.30. The maximum atomic E-state index is 13.0. The fourth-order valence-corrected chi connectivity index (χ4v) is 5.00. The molecular weight excluding hydrogens is 418 g/mol. The second kappa shape index (κ2) is 9.28. The van der Waals surface area contributed by atoms with Gasteiger partial charge in [0.1, 0.15) is 17.1 Å². The number of hydrogen-bond donors (Lipinski definition) is 1. The van der Waals surface area contributed by atoms with Crippen molar-refractivity contribution in [3.05, 3.63) is 76.9 Å². The molecular formula is C23H21NO4S2. The van der Waals surface area contributed by atoms with E-state index < -0.39 is 0 Å². The number of fused-ring (bicyclic) bond motifs is 1. The standard InChI is InChI=1S/C23H21NO4S2/c1-26-16-9-10-19(27-2)15(12-16)13-24-23(25)22-18(14-30-21-8-5-11-29-21)17-6-3-4-7-20(17)28-22/h3-12H,13-14H2,1-2H3,(H,24,25). The lowest BCUT2D eigenvalue weighted by molar-refractivity contribution is 0.0924. The van der Waals surface area contributed by atoms with Crippen LogP contribution in [-0.4, -0.2) is 20.1 Å². The molecule has 5 nitrogen and oxygen atoms in total. The number of nitrogens with one attached hydrogen (secondary N) is 1. The van der Waals surface area contributed by atoms with Gasteiger partial charge in [0.2, 0.25) is 0 Å². The van der Waals surface area contributed by atoms with E-state index in [1.54, 1.807) is 37.3 Å². The van der Waals surface area contributed by atoms with Crippen molar-refractivity contribution in [2.45, 2.75) is 16.5 Å². The zero-order valence-electron chi connectivity index (χ0n) is 16.6. The number of thiophene rings is 1. The van der Waals surface area contributed by atoms with Crippen LogP contribution in [0.25, 0.3) is 11.0 Å². The van der Waals surface area contributed by atoms with Crippen LogP contribution in [-0.2, 0) is 12.3 Å². The van der Waals surface area contributed by atoms with Crippen molar-refractivity contribution in [2.24, 2.45) is 0 Å². The summed E-state index contributed by atoms with van der Waals surface area (Å²) in [5.41, 5.74) is 2.44. The highest BCUT2D eigenvalue weighted by Gasteiger charge is 2.21. The molecule has 0 spiro atoms. The highest BCUT2D eigenvalue weighted by Crippen LogP contribution is 2.34. The molecule has 0 atom stereocenters. The van der Waals surface area contributed by atoms with E-state index in [9.17, 15) is 4.79 Å². The molecule has 0 saturated carbocycles. The number of carbonyl (C=O) groups is 1. The van der Waals surface area contributed by atoms with Gasteiger partial charge < -0.3 is 19.2 Å². The first-order chi connectivity index (χ1) is 14.7. The summed E-state index contributed by atoms with van der Waals surface area (Å²) in [7, 11) is 3.21. The van der Waals surface area contributed by atoms with Crippen LogP contribution >= 0.6 is 23.1 Å². The summed E-state index contributed by atoms with van der Waals surface area (Å²) in [6.45, 7) is 0.299. The maximum absolute atomic E-state index is 13.0. The molecule has 1 N–H and O–H groups in total. The molecule has 4 aromatic rings. The number of amides is 1. The Bertz CT molecular complexity index is 1150. The zero-order valence-corrected chi connectivity index (χ0v) is 18.3. The molecule has 2 aromatic carbocycles. The van der Waals surface area contributed by atoms with E-state index in [0.717, 1.165) is 16.5 Å². The first-order valence-electron chi connectivity index (χ1n) is 9.35. The fourth-order valence-electron chi connectivity index (χ4n) is 3.19. The van der Waals surface area contributed by atoms with E-state index in [1.165, 1.54) is 4.21 Å². The number of carbonyl (C=O) groups excluding carboxylic acids is 1. The number of rotatable bonds is 8. The zero-order chi connectivity index (χ0) is 20.9. The highest BCUT2D eigenvalue weighted by atomic mass is 32.2. The van der Waals surface area contributed by atoms with Crippen LogP contribution < -0.4 is 14.8 Å². The van der Waals surface area contributed by atoms with E-state index in [2.05, 4.69) is 11.4 Å². The number of benzene rings is 2. The number of ether oxygens (including phenoxy) is 2. The average Bonchev–Trinajstić information content (AvgIpc) is 3.43. The summed E-state index contributed by atoms with van der Waals surface area (Å²) in [6, 6.07) is 17.3. The van der Waals surface area contributed by atoms with Crippen molar-refractivity contribution in [1.29, 1.82) is 0 Å². The number of methoxy groups -OCH3 is 2. The molecule has 7 heteroatoms. The van der Waals surface area contributed by atoms with Crippen LogP contribution in [0.1, 0.15) is 21.7 Å². The molecule has 0 saturated heterocycles. The number of thioether (sulfide) groups is 1. The second-order valence-corrected chi connectivity index (χ2v) is 8.71. The van der Waals surface area contributed by atoms with Gasteiger partial charge in [0.15, 0.2) is 5.76 Å². The van der Waals surface area contributed by atoms with Gasteiger partial charge in [0.05, 0.1) is 18.4 Å². The molecule has 4 rings (SSSR count). The Labute approximate surface area is 183 Å². The Hall–Kier alpha value is -2.90. The van der Waals surface area contributed by atoms with Gasteiger partial charge in [-0.3, -0.25) is 4.79 Å². The van der Waals surface area contributed by atoms with Crippen LogP contribution in [0.2, 0.25) is 0 Å². The third kappa shape index (κ3) is 4.32.